The second-order valence-electron chi connectivity index (χ2n) is 9.28. The number of hydrogen-bond acceptors (Lipinski definition) is 3. The van der Waals surface area contributed by atoms with Gasteiger partial charge in [0.2, 0.25) is 0 Å². The largest absolute Gasteiger partial charge is 0.393 e. The van der Waals surface area contributed by atoms with Gasteiger partial charge < -0.3 is 5.11 Å². The predicted octanol–water partition coefficient (Wildman–Crippen LogP) is 3.17. The van der Waals surface area contributed by atoms with Crippen LogP contribution in [-0.4, -0.2) is 31.6 Å². The summed E-state index contributed by atoms with van der Waals surface area (Å²) in [5.41, 5.74) is 0.887. The van der Waals surface area contributed by atoms with Crippen molar-refractivity contribution in [1.29, 1.82) is 0 Å². The molecule has 4 rings (SSSR count). The zero-order valence-electron chi connectivity index (χ0n) is 13.7. The van der Waals surface area contributed by atoms with Crippen molar-refractivity contribution < 1.29 is 13.5 Å². The smallest absolute Gasteiger partial charge is 0.147 e. The van der Waals surface area contributed by atoms with E-state index in [1.807, 2.05) is 0 Å². The van der Waals surface area contributed by atoms with Gasteiger partial charge in [0.1, 0.15) is 9.84 Å². The van der Waals surface area contributed by atoms with Gasteiger partial charge >= 0.3 is 0 Å². The summed E-state index contributed by atoms with van der Waals surface area (Å²) >= 11 is 0. The molecule has 0 spiro atoms. The second-order valence-corrected chi connectivity index (χ2v) is 11.5. The first kappa shape index (κ1) is 15.8. The van der Waals surface area contributed by atoms with E-state index in [0.717, 1.165) is 25.2 Å². The van der Waals surface area contributed by atoms with Crippen molar-refractivity contribution in [2.75, 3.05) is 12.0 Å². The maximum Gasteiger partial charge on any atom is 0.147 e. The lowest BCUT2D eigenvalue weighted by molar-refractivity contribution is -0.186. The minimum atomic E-state index is -2.91. The van der Waals surface area contributed by atoms with E-state index >= 15 is 0 Å². The first-order valence-electron chi connectivity index (χ1n) is 8.39. The van der Waals surface area contributed by atoms with Crippen molar-refractivity contribution in [2.45, 2.75) is 71.3 Å². The zero-order valence-corrected chi connectivity index (χ0v) is 14.5. The molecule has 0 aromatic heterocycles. The normalized spacial score (nSPS) is 46.8. The van der Waals surface area contributed by atoms with Crippen molar-refractivity contribution in [3.05, 3.63) is 0 Å². The Morgan fingerprint density at radius 3 is 2.14 bits per heavy atom. The molecule has 0 aromatic carbocycles. The molecule has 0 amide bonds. The molecule has 4 heteroatoms. The average Bonchev–Trinajstić information content (AvgIpc) is 2.21. The van der Waals surface area contributed by atoms with Gasteiger partial charge in [0.25, 0.3) is 0 Å². The van der Waals surface area contributed by atoms with E-state index in [-0.39, 0.29) is 17.3 Å². The molecule has 3 atom stereocenters. The first-order valence-corrected chi connectivity index (χ1v) is 10.5. The van der Waals surface area contributed by atoms with E-state index in [1.54, 1.807) is 0 Å². The van der Waals surface area contributed by atoms with E-state index in [2.05, 4.69) is 13.8 Å². The predicted molar refractivity (Wildman–Crippen MR) is 84.8 cm³/mol. The van der Waals surface area contributed by atoms with E-state index in [4.69, 9.17) is 0 Å². The van der Waals surface area contributed by atoms with Gasteiger partial charge in [-0.3, -0.25) is 0 Å². The molecule has 0 aromatic rings. The molecule has 122 valence electrons. The Kier molecular flexibility index (Phi) is 3.54. The molecule has 0 saturated heterocycles. The maximum atomic E-state index is 11.3. The third kappa shape index (κ3) is 3.03. The van der Waals surface area contributed by atoms with Crippen LogP contribution >= 0.6 is 0 Å². The third-order valence-corrected chi connectivity index (χ3v) is 7.40. The molecule has 1 N–H and O–H groups in total. The molecule has 0 heterocycles. The lowest BCUT2D eigenvalue weighted by Gasteiger charge is -2.66. The number of aliphatic hydroxyl groups excluding tert-OH is 1. The number of hydrogen-bond donors (Lipinski definition) is 1. The Morgan fingerprint density at radius 2 is 1.67 bits per heavy atom. The fourth-order valence-electron chi connectivity index (χ4n) is 6.75. The molecular formula is C17H30O3S. The average molecular weight is 314 g/mol. The maximum absolute atomic E-state index is 11.3. The highest BCUT2D eigenvalue weighted by atomic mass is 32.2. The fourth-order valence-corrected chi connectivity index (χ4v) is 7.44. The van der Waals surface area contributed by atoms with Crippen LogP contribution in [0.5, 0.6) is 0 Å². The molecule has 4 fully saturated rings. The molecule has 4 aliphatic carbocycles. The molecule has 0 aliphatic heterocycles. The third-order valence-electron chi connectivity index (χ3n) is 6.37. The Hall–Kier alpha value is -0.0900. The van der Waals surface area contributed by atoms with Crippen LogP contribution in [-0.2, 0) is 9.84 Å². The van der Waals surface area contributed by atoms with Crippen LogP contribution in [0.3, 0.4) is 0 Å². The topological polar surface area (TPSA) is 54.4 Å². The Labute approximate surface area is 129 Å². The highest BCUT2D eigenvalue weighted by Gasteiger charge is 2.61. The lowest BCUT2D eigenvalue weighted by Crippen LogP contribution is -2.58. The number of sulfone groups is 1. The minimum Gasteiger partial charge on any atom is -0.393 e. The SMILES string of the molecule is CC12CC3CC(C)(C1)CC(C(O)CCCS(C)(=O)=O)(C3)C2. The van der Waals surface area contributed by atoms with Crippen LogP contribution in [0.1, 0.15) is 65.2 Å². The zero-order chi connectivity index (χ0) is 15.5. The summed E-state index contributed by atoms with van der Waals surface area (Å²) in [4.78, 5) is 0. The summed E-state index contributed by atoms with van der Waals surface area (Å²) in [6, 6.07) is 0. The van der Waals surface area contributed by atoms with Gasteiger partial charge in [-0.1, -0.05) is 13.8 Å². The van der Waals surface area contributed by atoms with Crippen LogP contribution in [0.4, 0.5) is 0 Å². The summed E-state index contributed by atoms with van der Waals surface area (Å²) in [6.45, 7) is 4.82. The van der Waals surface area contributed by atoms with E-state index in [9.17, 15) is 13.5 Å². The first-order chi connectivity index (χ1) is 9.53. The van der Waals surface area contributed by atoms with Crippen molar-refractivity contribution in [1.82, 2.24) is 0 Å². The molecule has 4 saturated carbocycles. The van der Waals surface area contributed by atoms with Gasteiger partial charge in [-0.15, -0.1) is 0 Å². The van der Waals surface area contributed by atoms with Gasteiger partial charge in [0.15, 0.2) is 0 Å². The van der Waals surface area contributed by atoms with Crippen LogP contribution < -0.4 is 0 Å². The van der Waals surface area contributed by atoms with Crippen LogP contribution in [0.15, 0.2) is 0 Å². The van der Waals surface area contributed by atoms with E-state index < -0.39 is 9.84 Å². The standard InChI is InChI=1S/C17H30O3S/c1-15-7-13-8-16(2,10-15)12-17(9-13,11-15)14(18)5-4-6-21(3,19)20/h13-14,18H,4-12H2,1-3H3. The quantitative estimate of drug-likeness (QED) is 0.848. The molecule has 4 bridgehead atoms. The Balaban J connectivity index is 1.72. The summed E-state index contributed by atoms with van der Waals surface area (Å²) in [5, 5.41) is 10.8. The van der Waals surface area contributed by atoms with Crippen molar-refractivity contribution in [3.8, 4) is 0 Å². The molecule has 21 heavy (non-hydrogen) atoms. The molecule has 3 nitrogen and oxygen atoms in total. The Morgan fingerprint density at radius 1 is 1.10 bits per heavy atom. The van der Waals surface area contributed by atoms with Gasteiger partial charge in [0.05, 0.1) is 6.10 Å². The monoisotopic (exact) mass is 314 g/mol. The fraction of sp³-hybridized carbons (Fsp3) is 1.00. The molecule has 0 radical (unpaired) electrons. The number of aliphatic hydroxyl groups is 1. The van der Waals surface area contributed by atoms with Crippen LogP contribution in [0.25, 0.3) is 0 Å². The highest BCUT2D eigenvalue weighted by Crippen LogP contribution is 2.70. The second kappa shape index (κ2) is 4.70. The van der Waals surface area contributed by atoms with Gasteiger partial charge in [-0.05, 0) is 73.5 Å². The minimum absolute atomic E-state index is 0.0699. The number of rotatable bonds is 5. The summed E-state index contributed by atoms with van der Waals surface area (Å²) in [6.07, 6.45) is 9.64. The lowest BCUT2D eigenvalue weighted by atomic mass is 9.39. The summed E-state index contributed by atoms with van der Waals surface area (Å²) in [5.74, 6) is 0.985. The van der Waals surface area contributed by atoms with Crippen LogP contribution in [0.2, 0.25) is 0 Å². The highest BCUT2D eigenvalue weighted by molar-refractivity contribution is 7.90. The van der Waals surface area contributed by atoms with E-state index in [1.165, 1.54) is 25.5 Å². The van der Waals surface area contributed by atoms with Crippen molar-refractivity contribution >= 4 is 9.84 Å². The van der Waals surface area contributed by atoms with Crippen LogP contribution in [0, 0.1) is 22.2 Å². The Bertz CT molecular complexity index is 506. The molecular weight excluding hydrogens is 284 g/mol. The van der Waals surface area contributed by atoms with Gasteiger partial charge in [0, 0.05) is 12.0 Å². The van der Waals surface area contributed by atoms with Crippen molar-refractivity contribution in [2.24, 2.45) is 22.2 Å². The summed E-state index contributed by atoms with van der Waals surface area (Å²) < 4.78 is 22.6. The molecule has 3 unspecified atom stereocenters. The van der Waals surface area contributed by atoms with E-state index in [0.29, 0.717) is 23.7 Å². The van der Waals surface area contributed by atoms with Crippen molar-refractivity contribution in [3.63, 3.8) is 0 Å². The van der Waals surface area contributed by atoms with Gasteiger partial charge in [-0.2, -0.15) is 0 Å². The van der Waals surface area contributed by atoms with Gasteiger partial charge in [-0.25, -0.2) is 8.42 Å². The molecule has 4 aliphatic rings. The summed E-state index contributed by atoms with van der Waals surface area (Å²) in [7, 11) is -2.91.